The lowest BCUT2D eigenvalue weighted by atomic mass is 10.1. The Bertz CT molecular complexity index is 536. The molecule has 0 spiro atoms. The molecule has 0 unspecified atom stereocenters. The zero-order valence-electron chi connectivity index (χ0n) is 9.53. The van der Waals surface area contributed by atoms with Crippen LogP contribution in [0.5, 0.6) is 0 Å². The Morgan fingerprint density at radius 3 is 3.06 bits per heavy atom. The summed E-state index contributed by atoms with van der Waals surface area (Å²) in [5.41, 5.74) is 4.07. The van der Waals surface area contributed by atoms with Crippen molar-refractivity contribution < 1.29 is 0 Å². The van der Waals surface area contributed by atoms with E-state index in [2.05, 4.69) is 47.3 Å². The maximum atomic E-state index is 3.22. The molecule has 1 aromatic carbocycles. The third-order valence-electron chi connectivity index (χ3n) is 3.34. The van der Waals surface area contributed by atoms with E-state index in [0.29, 0.717) is 0 Å². The Labute approximate surface area is 95.6 Å². The summed E-state index contributed by atoms with van der Waals surface area (Å²) in [4.78, 5) is 5.57. The van der Waals surface area contributed by atoms with Crippen LogP contribution in [-0.2, 0) is 6.42 Å². The largest absolute Gasteiger partial charge is 0.378 e. The maximum absolute atomic E-state index is 3.22. The first kappa shape index (κ1) is 9.52. The fraction of sp³-hybridized carbons (Fsp3) is 0.286. The minimum absolute atomic E-state index is 1.05. The summed E-state index contributed by atoms with van der Waals surface area (Å²) in [7, 11) is 2.17. The number of likely N-dealkylation sites (N-methyl/N-ethyl adjacent to an activating group) is 1. The highest BCUT2D eigenvalue weighted by Gasteiger charge is 2.10. The van der Waals surface area contributed by atoms with Gasteiger partial charge in [0, 0.05) is 37.4 Å². The van der Waals surface area contributed by atoms with Crippen molar-refractivity contribution in [1.29, 1.82) is 0 Å². The standard InChI is InChI=1S/C14H16N2/c1-16-8-2-3-13(16)10-11-4-5-14-12(9-11)6-7-15-14/h3-7,9,15H,2,8,10H2,1H3. The molecule has 0 fully saturated rings. The molecular weight excluding hydrogens is 196 g/mol. The Kier molecular flexibility index (Phi) is 2.21. The van der Waals surface area contributed by atoms with Crippen LogP contribution in [0.3, 0.4) is 0 Å². The fourth-order valence-corrected chi connectivity index (χ4v) is 2.35. The summed E-state index contributed by atoms with van der Waals surface area (Å²) in [6.45, 7) is 1.17. The average molecular weight is 212 g/mol. The first-order valence-electron chi connectivity index (χ1n) is 5.79. The van der Waals surface area contributed by atoms with Crippen LogP contribution in [0.25, 0.3) is 10.9 Å². The summed E-state index contributed by atoms with van der Waals surface area (Å²) >= 11 is 0. The topological polar surface area (TPSA) is 19.0 Å². The van der Waals surface area contributed by atoms with Crippen LogP contribution in [0.15, 0.2) is 42.2 Å². The minimum atomic E-state index is 1.05. The van der Waals surface area contributed by atoms with Gasteiger partial charge in [-0.15, -0.1) is 0 Å². The highest BCUT2D eigenvalue weighted by molar-refractivity contribution is 5.79. The molecule has 1 aromatic heterocycles. The van der Waals surface area contributed by atoms with E-state index in [9.17, 15) is 0 Å². The van der Waals surface area contributed by atoms with E-state index in [1.807, 2.05) is 6.20 Å². The number of nitrogens with zero attached hydrogens (tertiary/aromatic N) is 1. The van der Waals surface area contributed by atoms with Crippen molar-refractivity contribution in [3.05, 3.63) is 47.8 Å². The molecule has 0 saturated carbocycles. The van der Waals surface area contributed by atoms with Crippen molar-refractivity contribution in [3.63, 3.8) is 0 Å². The van der Waals surface area contributed by atoms with E-state index < -0.39 is 0 Å². The highest BCUT2D eigenvalue weighted by atomic mass is 15.1. The lowest BCUT2D eigenvalue weighted by Crippen LogP contribution is -2.14. The number of allylic oxidation sites excluding steroid dienone is 1. The maximum Gasteiger partial charge on any atom is 0.0454 e. The van der Waals surface area contributed by atoms with Crippen LogP contribution in [0.4, 0.5) is 0 Å². The van der Waals surface area contributed by atoms with Crippen molar-refractivity contribution in [2.75, 3.05) is 13.6 Å². The zero-order valence-corrected chi connectivity index (χ0v) is 9.53. The summed E-state index contributed by atoms with van der Waals surface area (Å²) < 4.78 is 0. The lowest BCUT2D eigenvalue weighted by Gasteiger charge is -2.16. The predicted molar refractivity (Wildman–Crippen MR) is 67.3 cm³/mol. The number of H-pyrrole nitrogens is 1. The van der Waals surface area contributed by atoms with Gasteiger partial charge >= 0.3 is 0 Å². The number of aromatic amines is 1. The van der Waals surface area contributed by atoms with E-state index in [4.69, 9.17) is 0 Å². The number of hydrogen-bond donors (Lipinski definition) is 1. The van der Waals surface area contributed by atoms with Crippen LogP contribution in [-0.4, -0.2) is 23.5 Å². The molecule has 1 N–H and O–H groups in total. The van der Waals surface area contributed by atoms with E-state index in [1.54, 1.807) is 0 Å². The Morgan fingerprint density at radius 1 is 1.31 bits per heavy atom. The van der Waals surface area contributed by atoms with Gasteiger partial charge in [0.15, 0.2) is 0 Å². The SMILES string of the molecule is CN1CCC=C1Cc1ccc2[nH]ccc2c1. The molecule has 2 nitrogen and oxygen atoms in total. The second-order valence-corrected chi connectivity index (χ2v) is 4.48. The first-order chi connectivity index (χ1) is 7.83. The van der Waals surface area contributed by atoms with Gasteiger partial charge < -0.3 is 9.88 Å². The summed E-state index contributed by atoms with van der Waals surface area (Å²) in [5.74, 6) is 0. The van der Waals surface area contributed by atoms with E-state index in [0.717, 1.165) is 6.42 Å². The molecule has 16 heavy (non-hydrogen) atoms. The molecule has 0 aliphatic carbocycles. The molecule has 0 radical (unpaired) electrons. The third-order valence-corrected chi connectivity index (χ3v) is 3.34. The number of aromatic nitrogens is 1. The molecule has 2 heteroatoms. The normalized spacial score (nSPS) is 15.8. The van der Waals surface area contributed by atoms with E-state index in [-0.39, 0.29) is 0 Å². The van der Waals surface area contributed by atoms with Crippen molar-refractivity contribution in [3.8, 4) is 0 Å². The molecular formula is C14H16N2. The van der Waals surface area contributed by atoms with Crippen molar-refractivity contribution in [1.82, 2.24) is 9.88 Å². The van der Waals surface area contributed by atoms with Gasteiger partial charge in [0.2, 0.25) is 0 Å². The molecule has 3 rings (SSSR count). The Balaban J connectivity index is 1.88. The monoisotopic (exact) mass is 212 g/mol. The van der Waals surface area contributed by atoms with Crippen molar-refractivity contribution >= 4 is 10.9 Å². The predicted octanol–water partition coefficient (Wildman–Crippen LogP) is 2.93. The second kappa shape index (κ2) is 3.71. The van der Waals surface area contributed by atoms with E-state index in [1.165, 1.54) is 35.1 Å². The smallest absolute Gasteiger partial charge is 0.0454 e. The molecule has 0 atom stereocenters. The second-order valence-electron chi connectivity index (χ2n) is 4.48. The molecule has 1 aliphatic rings. The van der Waals surface area contributed by atoms with Crippen LogP contribution in [0, 0.1) is 0 Å². The summed E-state index contributed by atoms with van der Waals surface area (Å²) in [6, 6.07) is 8.79. The van der Waals surface area contributed by atoms with Crippen LogP contribution in [0.2, 0.25) is 0 Å². The van der Waals surface area contributed by atoms with Gasteiger partial charge in [-0.2, -0.15) is 0 Å². The first-order valence-corrected chi connectivity index (χ1v) is 5.79. The number of nitrogens with one attached hydrogen (secondary N) is 1. The molecule has 0 saturated heterocycles. The number of benzene rings is 1. The highest BCUT2D eigenvalue weighted by Crippen LogP contribution is 2.20. The number of hydrogen-bond acceptors (Lipinski definition) is 1. The van der Waals surface area contributed by atoms with Crippen LogP contribution >= 0.6 is 0 Å². The lowest BCUT2D eigenvalue weighted by molar-refractivity contribution is 0.449. The van der Waals surface area contributed by atoms with Crippen molar-refractivity contribution in [2.45, 2.75) is 12.8 Å². The zero-order chi connectivity index (χ0) is 11.0. The molecule has 0 bridgehead atoms. The van der Waals surface area contributed by atoms with Crippen LogP contribution in [0.1, 0.15) is 12.0 Å². The molecule has 2 heterocycles. The van der Waals surface area contributed by atoms with Crippen LogP contribution < -0.4 is 0 Å². The molecule has 82 valence electrons. The minimum Gasteiger partial charge on any atom is -0.378 e. The molecule has 1 aliphatic heterocycles. The van der Waals surface area contributed by atoms with Gasteiger partial charge in [-0.3, -0.25) is 0 Å². The number of rotatable bonds is 2. The van der Waals surface area contributed by atoms with Gasteiger partial charge in [-0.25, -0.2) is 0 Å². The van der Waals surface area contributed by atoms with Gasteiger partial charge in [0.1, 0.15) is 0 Å². The quantitative estimate of drug-likeness (QED) is 0.811. The van der Waals surface area contributed by atoms with Gasteiger partial charge in [-0.05, 0) is 35.6 Å². The molecule has 0 amide bonds. The third kappa shape index (κ3) is 1.60. The number of fused-ring (bicyclic) bond motifs is 1. The Hall–Kier alpha value is -1.70. The van der Waals surface area contributed by atoms with E-state index >= 15 is 0 Å². The molecule has 2 aromatic rings. The van der Waals surface area contributed by atoms with Gasteiger partial charge in [0.05, 0.1) is 0 Å². The summed E-state index contributed by atoms with van der Waals surface area (Å²) in [6.07, 6.45) is 6.59. The van der Waals surface area contributed by atoms with Gasteiger partial charge in [0.25, 0.3) is 0 Å². The average Bonchev–Trinajstić information content (AvgIpc) is 2.88. The Morgan fingerprint density at radius 2 is 2.25 bits per heavy atom. The fourth-order valence-electron chi connectivity index (χ4n) is 2.35. The van der Waals surface area contributed by atoms with Crippen molar-refractivity contribution in [2.24, 2.45) is 0 Å². The summed E-state index contributed by atoms with van der Waals surface area (Å²) in [5, 5.41) is 1.30. The van der Waals surface area contributed by atoms with Gasteiger partial charge in [-0.1, -0.05) is 12.1 Å².